The number of hydrogen-bond acceptors (Lipinski definition) is 7. The van der Waals surface area contributed by atoms with E-state index in [1.807, 2.05) is 46.4 Å². The van der Waals surface area contributed by atoms with Crippen LogP contribution in [0.3, 0.4) is 0 Å². The molecule has 3 aliphatic rings. The summed E-state index contributed by atoms with van der Waals surface area (Å²) in [5.41, 5.74) is 2.81. The predicted molar refractivity (Wildman–Crippen MR) is 125 cm³/mol. The van der Waals surface area contributed by atoms with Crippen LogP contribution in [0.4, 0.5) is 0 Å². The molecular formula is C24H29N3O4S. The maximum absolute atomic E-state index is 13.2. The topological polar surface area (TPSA) is 71.4 Å². The number of ether oxygens (including phenoxy) is 2. The van der Waals surface area contributed by atoms with Gasteiger partial charge in [0.25, 0.3) is 0 Å². The molecule has 2 unspecified atom stereocenters. The van der Waals surface area contributed by atoms with Crippen LogP contribution >= 0.6 is 11.8 Å². The van der Waals surface area contributed by atoms with E-state index >= 15 is 0 Å². The van der Waals surface area contributed by atoms with E-state index in [1.165, 1.54) is 18.9 Å². The summed E-state index contributed by atoms with van der Waals surface area (Å²) in [4.78, 5) is 34.7. The molecule has 0 bridgehead atoms. The number of allylic oxidation sites excluding steroid dienone is 1. The number of amides is 1. The summed E-state index contributed by atoms with van der Waals surface area (Å²) >= 11 is 1.48. The minimum atomic E-state index is -0.446. The summed E-state index contributed by atoms with van der Waals surface area (Å²) < 4.78 is 10.5. The lowest BCUT2D eigenvalue weighted by molar-refractivity contribution is -0.136. The lowest BCUT2D eigenvalue weighted by atomic mass is 9.93. The highest BCUT2D eigenvalue weighted by Crippen LogP contribution is 2.45. The van der Waals surface area contributed by atoms with Crippen molar-refractivity contribution in [2.45, 2.75) is 51.6 Å². The number of aliphatic imine (C=N–C) groups is 1. The number of piperidine rings is 1. The Kier molecular flexibility index (Phi) is 6.60. The standard InChI is InChI=1S/C24H29N3O4S/c1-15-8-5-6-11-26(15)20(28)13-18-14-32-24-25-16(2)21(23(29)31-4)22(27(18)24)17-9-7-10-19(12-17)30-3/h7,9-10,12,14-15,22H,5-6,8,11,13H2,1-4H3. The van der Waals surface area contributed by atoms with E-state index in [9.17, 15) is 9.59 Å². The highest BCUT2D eigenvalue weighted by Gasteiger charge is 2.41. The second-order valence-electron chi connectivity index (χ2n) is 8.27. The van der Waals surface area contributed by atoms with E-state index in [0.29, 0.717) is 17.0 Å². The largest absolute Gasteiger partial charge is 0.497 e. The Morgan fingerprint density at radius 3 is 2.78 bits per heavy atom. The second-order valence-corrected chi connectivity index (χ2v) is 9.11. The zero-order chi connectivity index (χ0) is 22.8. The van der Waals surface area contributed by atoms with Gasteiger partial charge in [-0.25, -0.2) is 9.79 Å². The number of thioether (sulfide) groups is 1. The van der Waals surface area contributed by atoms with E-state index in [0.717, 1.165) is 42.2 Å². The van der Waals surface area contributed by atoms with Crippen molar-refractivity contribution in [1.29, 1.82) is 0 Å². The van der Waals surface area contributed by atoms with Gasteiger partial charge in [0.05, 0.1) is 38.0 Å². The molecule has 0 aromatic heterocycles. The maximum Gasteiger partial charge on any atom is 0.338 e. The highest BCUT2D eigenvalue weighted by molar-refractivity contribution is 8.16. The molecule has 3 aliphatic heterocycles. The lowest BCUT2D eigenvalue weighted by Crippen LogP contribution is -2.43. The van der Waals surface area contributed by atoms with E-state index in [2.05, 4.69) is 11.9 Å². The van der Waals surface area contributed by atoms with Crippen molar-refractivity contribution < 1.29 is 19.1 Å². The van der Waals surface area contributed by atoms with Crippen LogP contribution in [0.15, 0.2) is 51.6 Å². The van der Waals surface area contributed by atoms with E-state index in [-0.39, 0.29) is 18.4 Å². The Bertz CT molecular complexity index is 1020. The summed E-state index contributed by atoms with van der Waals surface area (Å²) in [6.45, 7) is 4.74. The first kappa shape index (κ1) is 22.5. The van der Waals surface area contributed by atoms with Gasteiger partial charge >= 0.3 is 5.97 Å². The minimum absolute atomic E-state index is 0.112. The zero-order valence-electron chi connectivity index (χ0n) is 19.0. The summed E-state index contributed by atoms with van der Waals surface area (Å²) in [5.74, 6) is 0.384. The molecule has 4 rings (SSSR count). The Balaban J connectivity index is 1.70. The molecule has 0 saturated carbocycles. The van der Waals surface area contributed by atoms with Gasteiger partial charge in [0, 0.05) is 18.3 Å². The highest BCUT2D eigenvalue weighted by atomic mass is 32.2. The normalized spacial score (nSPS) is 22.9. The number of amidine groups is 1. The molecule has 0 spiro atoms. The number of nitrogens with zero attached hydrogens (tertiary/aromatic N) is 3. The Morgan fingerprint density at radius 1 is 1.25 bits per heavy atom. The molecule has 1 fully saturated rings. The number of fused-ring (bicyclic) bond motifs is 1. The fourth-order valence-corrected chi connectivity index (χ4v) is 5.56. The molecule has 1 aromatic rings. The van der Waals surface area contributed by atoms with E-state index in [1.54, 1.807) is 7.11 Å². The summed E-state index contributed by atoms with van der Waals surface area (Å²) in [5, 5.41) is 2.74. The van der Waals surface area contributed by atoms with Gasteiger partial charge in [-0.2, -0.15) is 0 Å². The third-order valence-corrected chi connectivity index (χ3v) is 7.16. The Labute approximate surface area is 193 Å². The third-order valence-electron chi connectivity index (χ3n) is 6.27. The molecule has 1 aromatic carbocycles. The predicted octanol–water partition coefficient (Wildman–Crippen LogP) is 4.23. The molecule has 1 amide bonds. The van der Waals surface area contributed by atoms with Crippen LogP contribution in [0.1, 0.15) is 51.1 Å². The van der Waals surface area contributed by atoms with Crippen molar-refractivity contribution >= 4 is 28.8 Å². The van der Waals surface area contributed by atoms with Gasteiger partial charge in [-0.15, -0.1) is 0 Å². The van der Waals surface area contributed by atoms with Gasteiger partial charge in [-0.3, -0.25) is 4.79 Å². The third kappa shape index (κ3) is 4.16. The zero-order valence-corrected chi connectivity index (χ0v) is 19.8. The molecule has 3 heterocycles. The van der Waals surface area contributed by atoms with Gasteiger partial charge in [-0.1, -0.05) is 23.9 Å². The number of likely N-dealkylation sites (tertiary alicyclic amines) is 1. The molecule has 7 nitrogen and oxygen atoms in total. The quantitative estimate of drug-likeness (QED) is 0.619. The Hall–Kier alpha value is -2.74. The van der Waals surface area contributed by atoms with Gasteiger partial charge in [0.15, 0.2) is 5.17 Å². The van der Waals surface area contributed by atoms with Gasteiger partial charge in [-0.05, 0) is 56.2 Å². The fourth-order valence-electron chi connectivity index (χ4n) is 4.59. The molecular weight excluding hydrogens is 426 g/mol. The van der Waals surface area contributed by atoms with Crippen molar-refractivity contribution in [3.63, 3.8) is 0 Å². The number of rotatable bonds is 5. The van der Waals surface area contributed by atoms with E-state index < -0.39 is 12.0 Å². The first-order valence-electron chi connectivity index (χ1n) is 10.9. The first-order valence-corrected chi connectivity index (χ1v) is 11.8. The number of carbonyl (C=O) groups is 2. The van der Waals surface area contributed by atoms with Crippen LogP contribution in [0.5, 0.6) is 5.75 Å². The SMILES string of the molecule is COC(=O)C1=C(C)N=C2SC=C(CC(=O)N3CCCCC3C)N2C1c1cccc(OC)c1. The van der Waals surface area contributed by atoms with Crippen molar-refractivity contribution in [3.05, 3.63) is 52.2 Å². The number of esters is 1. The molecule has 8 heteroatoms. The number of methoxy groups -OCH3 is 2. The molecule has 0 radical (unpaired) electrons. The summed E-state index contributed by atoms with van der Waals surface area (Å²) in [6, 6.07) is 7.45. The Morgan fingerprint density at radius 2 is 2.06 bits per heavy atom. The van der Waals surface area contributed by atoms with Crippen LogP contribution in [-0.2, 0) is 14.3 Å². The summed E-state index contributed by atoms with van der Waals surface area (Å²) in [7, 11) is 2.99. The number of benzene rings is 1. The first-order chi connectivity index (χ1) is 15.4. The van der Waals surface area contributed by atoms with Crippen molar-refractivity contribution in [3.8, 4) is 5.75 Å². The monoisotopic (exact) mass is 455 g/mol. The van der Waals surface area contributed by atoms with Gasteiger partial charge < -0.3 is 19.3 Å². The molecule has 1 saturated heterocycles. The minimum Gasteiger partial charge on any atom is -0.497 e. The van der Waals surface area contributed by atoms with Crippen LogP contribution in [0, 0.1) is 0 Å². The van der Waals surface area contributed by atoms with Crippen molar-refractivity contribution in [2.24, 2.45) is 4.99 Å². The fraction of sp³-hybridized carbons (Fsp3) is 0.458. The van der Waals surface area contributed by atoms with Gasteiger partial charge in [0.2, 0.25) is 5.91 Å². The van der Waals surface area contributed by atoms with Crippen molar-refractivity contribution in [1.82, 2.24) is 9.80 Å². The average molecular weight is 456 g/mol. The summed E-state index contributed by atoms with van der Waals surface area (Å²) in [6.07, 6.45) is 3.51. The van der Waals surface area contributed by atoms with Crippen molar-refractivity contribution in [2.75, 3.05) is 20.8 Å². The van der Waals surface area contributed by atoms with E-state index in [4.69, 9.17) is 9.47 Å². The lowest BCUT2D eigenvalue weighted by Gasteiger charge is -2.38. The molecule has 2 atom stereocenters. The number of carbonyl (C=O) groups excluding carboxylic acids is 2. The molecule has 32 heavy (non-hydrogen) atoms. The average Bonchev–Trinajstić information content (AvgIpc) is 3.19. The van der Waals surface area contributed by atoms with Crippen LogP contribution in [-0.4, -0.2) is 53.7 Å². The second kappa shape index (κ2) is 9.40. The van der Waals surface area contributed by atoms with Crippen LogP contribution < -0.4 is 4.74 Å². The molecule has 0 aliphatic carbocycles. The smallest absolute Gasteiger partial charge is 0.338 e. The molecule has 170 valence electrons. The van der Waals surface area contributed by atoms with Gasteiger partial charge in [0.1, 0.15) is 5.75 Å². The number of hydrogen-bond donors (Lipinski definition) is 0. The molecule has 0 N–H and O–H groups in total. The van der Waals surface area contributed by atoms with Crippen LogP contribution in [0.2, 0.25) is 0 Å². The van der Waals surface area contributed by atoms with Crippen LogP contribution in [0.25, 0.3) is 0 Å². The maximum atomic E-state index is 13.2.